The molecule has 0 unspecified atom stereocenters. The van der Waals surface area contributed by atoms with Crippen LogP contribution in [0.5, 0.6) is 5.75 Å². The van der Waals surface area contributed by atoms with Gasteiger partial charge in [-0.25, -0.2) is 12.8 Å². The van der Waals surface area contributed by atoms with Crippen LogP contribution < -0.4 is 10.1 Å². The Hall–Kier alpha value is -1.18. The summed E-state index contributed by atoms with van der Waals surface area (Å²) in [6.07, 6.45) is 0.00953. The molecule has 1 N–H and O–H groups in total. The minimum absolute atomic E-state index is 0. The van der Waals surface area contributed by atoms with Crippen LogP contribution in [0, 0.1) is 5.82 Å². The van der Waals surface area contributed by atoms with Gasteiger partial charge in [-0.05, 0) is 38.5 Å². The number of hydrogen-bond acceptors (Lipinski definition) is 5. The van der Waals surface area contributed by atoms with Crippen molar-refractivity contribution in [3.63, 3.8) is 0 Å². The molecule has 178 valence electrons. The minimum atomic E-state index is -3.34. The van der Waals surface area contributed by atoms with Crippen molar-refractivity contribution in [3.05, 3.63) is 29.6 Å². The zero-order valence-corrected chi connectivity index (χ0v) is 21.8. The molecule has 31 heavy (non-hydrogen) atoms. The summed E-state index contributed by atoms with van der Waals surface area (Å²) in [5.41, 5.74) is 0.767. The van der Waals surface area contributed by atoms with Gasteiger partial charge in [0.15, 0.2) is 17.5 Å². The van der Waals surface area contributed by atoms with Crippen LogP contribution in [0.3, 0.4) is 0 Å². The van der Waals surface area contributed by atoms with Crippen LogP contribution in [-0.4, -0.2) is 81.9 Å². The predicted molar refractivity (Wildman–Crippen MR) is 131 cm³/mol. The molecule has 0 radical (unpaired) electrons. The van der Waals surface area contributed by atoms with Gasteiger partial charge >= 0.3 is 0 Å². The molecule has 2 rings (SSSR count). The van der Waals surface area contributed by atoms with Crippen LogP contribution in [0.15, 0.2) is 23.2 Å². The normalized spacial score (nSPS) is 15.7. The van der Waals surface area contributed by atoms with Gasteiger partial charge in [0, 0.05) is 39.8 Å². The maximum atomic E-state index is 14.0. The van der Waals surface area contributed by atoms with Gasteiger partial charge in [-0.15, -0.1) is 24.0 Å². The quantitative estimate of drug-likeness (QED) is 0.278. The standard InChI is InChI=1S/C20H33FN4O4S.HI/c1-5-28-19-7-6-17(14-18(19)21)15-23-20(22-4)24-8-10-25(11-9-24)30(26,27)13-12-29-16(2)3;/h6-7,14,16H,5,8-13,15H2,1-4H3,(H,22,23);1H. The average Bonchev–Trinajstić information content (AvgIpc) is 2.70. The Labute approximate surface area is 202 Å². The molecular weight excluding hydrogens is 538 g/mol. The van der Waals surface area contributed by atoms with Gasteiger partial charge in [-0.2, -0.15) is 4.31 Å². The van der Waals surface area contributed by atoms with Gasteiger partial charge in [0.05, 0.1) is 25.1 Å². The second-order valence-electron chi connectivity index (χ2n) is 7.22. The third-order valence-electron chi connectivity index (χ3n) is 4.68. The van der Waals surface area contributed by atoms with E-state index in [-0.39, 0.29) is 48.2 Å². The summed E-state index contributed by atoms with van der Waals surface area (Å²) >= 11 is 0. The Morgan fingerprint density at radius 1 is 1.26 bits per heavy atom. The van der Waals surface area contributed by atoms with E-state index in [9.17, 15) is 12.8 Å². The number of piperazine rings is 1. The summed E-state index contributed by atoms with van der Waals surface area (Å²) < 4.78 is 51.0. The molecule has 1 heterocycles. The van der Waals surface area contributed by atoms with Gasteiger partial charge in [0.1, 0.15) is 0 Å². The molecule has 8 nitrogen and oxygen atoms in total. The van der Waals surface area contributed by atoms with E-state index in [0.717, 1.165) is 5.56 Å². The highest BCUT2D eigenvalue weighted by atomic mass is 127. The number of rotatable bonds is 9. The number of nitrogens with zero attached hydrogens (tertiary/aromatic N) is 3. The number of benzene rings is 1. The summed E-state index contributed by atoms with van der Waals surface area (Å²) in [7, 11) is -1.66. The van der Waals surface area contributed by atoms with E-state index in [1.165, 1.54) is 10.4 Å². The SMILES string of the molecule is CCOc1ccc(CNC(=NC)N2CCN(S(=O)(=O)CCOC(C)C)CC2)cc1F.I. The number of hydrogen-bond donors (Lipinski definition) is 1. The van der Waals surface area contributed by atoms with Gasteiger partial charge < -0.3 is 19.7 Å². The van der Waals surface area contributed by atoms with E-state index in [2.05, 4.69) is 10.3 Å². The Bertz CT molecular complexity index is 815. The topological polar surface area (TPSA) is 83.5 Å². The van der Waals surface area contributed by atoms with Crippen molar-refractivity contribution in [2.24, 2.45) is 4.99 Å². The van der Waals surface area contributed by atoms with Crippen molar-refractivity contribution >= 4 is 40.0 Å². The van der Waals surface area contributed by atoms with E-state index in [4.69, 9.17) is 9.47 Å². The fourth-order valence-corrected chi connectivity index (χ4v) is 4.42. The molecule has 0 aliphatic carbocycles. The fraction of sp³-hybridized carbons (Fsp3) is 0.650. The highest BCUT2D eigenvalue weighted by Gasteiger charge is 2.28. The van der Waals surface area contributed by atoms with Crippen LogP contribution in [0.1, 0.15) is 26.3 Å². The van der Waals surface area contributed by atoms with E-state index >= 15 is 0 Å². The summed E-state index contributed by atoms with van der Waals surface area (Å²) in [4.78, 5) is 6.28. The van der Waals surface area contributed by atoms with Crippen LogP contribution in [0.25, 0.3) is 0 Å². The Morgan fingerprint density at radius 2 is 1.94 bits per heavy atom. The number of nitrogens with one attached hydrogen (secondary N) is 1. The second kappa shape index (κ2) is 13.4. The van der Waals surface area contributed by atoms with E-state index < -0.39 is 15.8 Å². The van der Waals surface area contributed by atoms with Crippen LogP contribution >= 0.6 is 24.0 Å². The van der Waals surface area contributed by atoms with E-state index in [1.54, 1.807) is 19.2 Å². The van der Waals surface area contributed by atoms with Crippen molar-refractivity contribution < 1.29 is 22.3 Å². The molecule has 1 aliphatic rings. The van der Waals surface area contributed by atoms with Gasteiger partial charge in [0.25, 0.3) is 0 Å². The molecule has 1 aromatic rings. The molecule has 1 saturated heterocycles. The molecule has 0 bridgehead atoms. The number of sulfonamides is 1. The lowest BCUT2D eigenvalue weighted by molar-refractivity contribution is 0.0904. The summed E-state index contributed by atoms with van der Waals surface area (Å²) in [5.74, 6) is 0.485. The van der Waals surface area contributed by atoms with Crippen molar-refractivity contribution in [2.75, 3.05) is 52.2 Å². The monoisotopic (exact) mass is 572 g/mol. The average molecular weight is 572 g/mol. The Morgan fingerprint density at radius 3 is 2.48 bits per heavy atom. The zero-order chi connectivity index (χ0) is 22.1. The minimum Gasteiger partial charge on any atom is -0.491 e. The zero-order valence-electron chi connectivity index (χ0n) is 18.6. The first-order chi connectivity index (χ1) is 14.3. The highest BCUT2D eigenvalue weighted by Crippen LogP contribution is 2.18. The molecule has 0 aromatic heterocycles. The number of aliphatic imine (C=N–C) groups is 1. The molecule has 1 aromatic carbocycles. The highest BCUT2D eigenvalue weighted by molar-refractivity contribution is 14.0. The summed E-state index contributed by atoms with van der Waals surface area (Å²) in [6, 6.07) is 4.86. The van der Waals surface area contributed by atoms with Gasteiger partial charge in [0.2, 0.25) is 10.0 Å². The van der Waals surface area contributed by atoms with Crippen LogP contribution in [0.2, 0.25) is 0 Å². The molecule has 0 spiro atoms. The first kappa shape index (κ1) is 27.9. The summed E-state index contributed by atoms with van der Waals surface area (Å²) in [6.45, 7) is 8.42. The van der Waals surface area contributed by atoms with E-state index in [0.29, 0.717) is 45.3 Å². The first-order valence-electron chi connectivity index (χ1n) is 10.2. The molecule has 11 heteroatoms. The van der Waals surface area contributed by atoms with Crippen LogP contribution in [-0.2, 0) is 21.3 Å². The lowest BCUT2D eigenvalue weighted by Crippen LogP contribution is -2.54. The second-order valence-corrected chi connectivity index (χ2v) is 9.31. The molecule has 0 amide bonds. The van der Waals surface area contributed by atoms with Crippen molar-refractivity contribution in [1.82, 2.24) is 14.5 Å². The molecule has 1 fully saturated rings. The number of ether oxygens (including phenoxy) is 2. The predicted octanol–water partition coefficient (Wildman–Crippen LogP) is 2.29. The fourth-order valence-electron chi connectivity index (χ4n) is 3.14. The Balaban J connectivity index is 0.00000480. The van der Waals surface area contributed by atoms with Gasteiger partial charge in [-0.1, -0.05) is 6.07 Å². The molecule has 1 aliphatic heterocycles. The number of halogens is 2. The van der Waals surface area contributed by atoms with Crippen LogP contribution in [0.4, 0.5) is 4.39 Å². The van der Waals surface area contributed by atoms with E-state index in [1.807, 2.05) is 25.7 Å². The third-order valence-corrected chi connectivity index (χ3v) is 6.52. The van der Waals surface area contributed by atoms with Crippen molar-refractivity contribution in [2.45, 2.75) is 33.4 Å². The summed E-state index contributed by atoms with van der Waals surface area (Å²) in [5, 5.41) is 3.21. The molecule has 0 saturated carbocycles. The smallest absolute Gasteiger partial charge is 0.216 e. The lowest BCUT2D eigenvalue weighted by atomic mass is 10.2. The first-order valence-corrected chi connectivity index (χ1v) is 11.8. The molecular formula is C20H34FIN4O4S. The van der Waals surface area contributed by atoms with Crippen molar-refractivity contribution in [3.8, 4) is 5.75 Å². The lowest BCUT2D eigenvalue weighted by Gasteiger charge is -2.35. The Kier molecular flexibility index (Phi) is 12.0. The van der Waals surface area contributed by atoms with Crippen molar-refractivity contribution in [1.29, 1.82) is 0 Å². The molecule has 0 atom stereocenters. The largest absolute Gasteiger partial charge is 0.491 e. The maximum absolute atomic E-state index is 14.0. The number of guanidine groups is 1. The van der Waals surface area contributed by atoms with Gasteiger partial charge in [-0.3, -0.25) is 4.99 Å². The maximum Gasteiger partial charge on any atom is 0.216 e. The third kappa shape index (κ3) is 8.70.